The van der Waals surface area contributed by atoms with Gasteiger partial charge in [-0.2, -0.15) is 0 Å². The van der Waals surface area contributed by atoms with Gasteiger partial charge in [0.15, 0.2) is 17.5 Å². The zero-order valence-electron chi connectivity index (χ0n) is 33.1. The Morgan fingerprint density at radius 2 is 0.836 bits per heavy atom. The van der Waals surface area contributed by atoms with Crippen LogP contribution in [0.25, 0.3) is 89.9 Å². The summed E-state index contributed by atoms with van der Waals surface area (Å²) >= 11 is 0. The first-order valence-corrected chi connectivity index (χ1v) is 20.6. The van der Waals surface area contributed by atoms with Gasteiger partial charge < -0.3 is 4.98 Å². The minimum Gasteiger partial charge on any atom is -0.301 e. The summed E-state index contributed by atoms with van der Waals surface area (Å²) in [4.78, 5) is 19.8. The molecule has 6 heteroatoms. The van der Waals surface area contributed by atoms with E-state index in [2.05, 4.69) is 145 Å². The summed E-state index contributed by atoms with van der Waals surface area (Å²) in [5.41, 5.74) is 14.6. The van der Waals surface area contributed by atoms with Gasteiger partial charge in [0.05, 0.1) is 0 Å². The second-order valence-corrected chi connectivity index (χ2v) is 15.9. The van der Waals surface area contributed by atoms with Gasteiger partial charge in [-0.25, -0.2) is 19.3 Å². The Balaban J connectivity index is 0.00000445. The first kappa shape index (κ1) is 38.5. The number of nitrogens with zero attached hydrogens (tertiary/aromatic N) is 4. The predicted molar refractivity (Wildman–Crippen MR) is 239 cm³/mol. The molecule has 0 spiro atoms. The van der Waals surface area contributed by atoms with Gasteiger partial charge >= 0.3 is 0 Å². The maximum atomic E-state index is 16.2. The molecule has 0 aliphatic heterocycles. The summed E-state index contributed by atoms with van der Waals surface area (Å²) in [6, 6.07) is 63.3. The van der Waals surface area contributed by atoms with Crippen LogP contribution in [0.15, 0.2) is 182 Å². The van der Waals surface area contributed by atoms with Gasteiger partial charge in [-0.15, -0.1) is 34.9 Å². The standard InChI is InChI=1S/C55H38FN4.Ir/c56-51-33-48(34-57-52(51)45-25-26-49-43-23-24-44(31-43)50(49)32-45)55-59-53(46-21-9-19-41(29-46)39-17-7-15-37(27-39)35-11-3-1-4-12-35)58-54(60-55)47-22-10-20-42(30-47)40-18-8-16-38(28-40)36-13-5-2-6-14-36;/h1-22,26-30,32-34,43-44H,23-24,31H2;/q-1;. The molecule has 1 saturated carbocycles. The Morgan fingerprint density at radius 1 is 0.426 bits per heavy atom. The predicted octanol–water partition coefficient (Wildman–Crippen LogP) is 13.9. The third-order valence-electron chi connectivity index (χ3n) is 12.2. The van der Waals surface area contributed by atoms with Gasteiger partial charge in [-0.1, -0.05) is 140 Å². The van der Waals surface area contributed by atoms with E-state index in [0.29, 0.717) is 40.4 Å². The Bertz CT molecular complexity index is 2910. The van der Waals surface area contributed by atoms with Gasteiger partial charge in [0.1, 0.15) is 5.82 Å². The smallest absolute Gasteiger partial charge is 0.165 e. The number of pyridine rings is 1. The Hall–Kier alpha value is -6.72. The molecule has 2 atom stereocenters. The molecule has 0 N–H and O–H groups in total. The van der Waals surface area contributed by atoms with E-state index in [0.717, 1.165) is 55.6 Å². The fourth-order valence-corrected chi connectivity index (χ4v) is 9.12. The summed E-state index contributed by atoms with van der Waals surface area (Å²) in [7, 11) is 0. The van der Waals surface area contributed by atoms with Crippen LogP contribution in [-0.4, -0.2) is 19.9 Å². The number of hydrogen-bond donors (Lipinski definition) is 0. The molecule has 2 aliphatic carbocycles. The number of benzene rings is 7. The van der Waals surface area contributed by atoms with Gasteiger partial charge in [0.25, 0.3) is 0 Å². The summed E-state index contributed by atoms with van der Waals surface area (Å²) in [5, 5.41) is 0. The topological polar surface area (TPSA) is 51.6 Å². The second kappa shape index (κ2) is 16.4. The van der Waals surface area contributed by atoms with Crippen molar-refractivity contribution in [3.63, 3.8) is 0 Å². The Labute approximate surface area is 368 Å². The molecule has 2 aliphatic rings. The van der Waals surface area contributed by atoms with Crippen molar-refractivity contribution in [1.82, 2.24) is 19.9 Å². The van der Waals surface area contributed by atoms with E-state index in [-0.39, 0.29) is 25.8 Å². The molecule has 9 aromatic rings. The molecule has 2 unspecified atom stereocenters. The maximum Gasteiger partial charge on any atom is 0.165 e. The van der Waals surface area contributed by atoms with Crippen LogP contribution < -0.4 is 0 Å². The van der Waals surface area contributed by atoms with Crippen LogP contribution in [0.3, 0.4) is 0 Å². The van der Waals surface area contributed by atoms with E-state index < -0.39 is 5.82 Å². The molecule has 4 nitrogen and oxygen atoms in total. The van der Waals surface area contributed by atoms with Crippen LogP contribution in [-0.2, 0) is 20.1 Å². The van der Waals surface area contributed by atoms with Crippen molar-refractivity contribution < 1.29 is 24.5 Å². The summed E-state index contributed by atoms with van der Waals surface area (Å²) in [6.07, 6.45) is 5.30. The zero-order valence-corrected chi connectivity index (χ0v) is 35.5. The van der Waals surface area contributed by atoms with E-state index in [1.54, 1.807) is 6.20 Å². The van der Waals surface area contributed by atoms with E-state index >= 15 is 4.39 Å². The quantitative estimate of drug-likeness (QED) is 0.142. The number of halogens is 1. The van der Waals surface area contributed by atoms with Crippen molar-refractivity contribution in [3.05, 3.63) is 205 Å². The monoisotopic (exact) mass is 966 g/mol. The minimum absolute atomic E-state index is 0. The summed E-state index contributed by atoms with van der Waals surface area (Å²) in [5.74, 6) is 2.05. The summed E-state index contributed by atoms with van der Waals surface area (Å²) < 4.78 is 16.2. The van der Waals surface area contributed by atoms with Crippen LogP contribution in [0.4, 0.5) is 4.39 Å². The average Bonchev–Trinajstić information content (AvgIpc) is 3.95. The van der Waals surface area contributed by atoms with Crippen molar-refractivity contribution in [1.29, 1.82) is 0 Å². The fraction of sp³-hybridized carbons (Fsp3) is 0.0909. The Kier molecular flexibility index (Phi) is 10.3. The molecular formula is C55H38FIrN4-. The first-order valence-electron chi connectivity index (χ1n) is 20.6. The van der Waals surface area contributed by atoms with Crippen LogP contribution in [0.5, 0.6) is 0 Å². The van der Waals surface area contributed by atoms with Crippen molar-refractivity contribution in [2.24, 2.45) is 0 Å². The molecule has 11 rings (SSSR count). The maximum absolute atomic E-state index is 16.2. The third-order valence-corrected chi connectivity index (χ3v) is 12.2. The SMILES string of the molecule is Fc1cc(-c2nc(-c3cccc(-c4cccc(-c5ccccc5)c4)c3)nc(-c3cccc(-c4cccc(-c5ccccc5)c4)c3)n2)cnc1-c1[c-]cc2c(c1)C1CCC2C1.[Ir]. The van der Waals surface area contributed by atoms with E-state index in [4.69, 9.17) is 15.0 Å². The number of aromatic nitrogens is 4. The van der Waals surface area contributed by atoms with Gasteiger partial charge in [-0.3, -0.25) is 0 Å². The van der Waals surface area contributed by atoms with Crippen LogP contribution in [0, 0.1) is 11.9 Å². The van der Waals surface area contributed by atoms with E-state index in [9.17, 15) is 0 Å². The number of rotatable bonds is 8. The second-order valence-electron chi connectivity index (χ2n) is 15.9. The van der Waals surface area contributed by atoms with E-state index in [1.165, 1.54) is 36.5 Å². The zero-order chi connectivity index (χ0) is 40.0. The average molecular weight is 966 g/mol. The molecule has 295 valence electrons. The molecule has 0 saturated heterocycles. The molecule has 1 radical (unpaired) electrons. The van der Waals surface area contributed by atoms with Crippen LogP contribution >= 0.6 is 0 Å². The first-order chi connectivity index (χ1) is 29.6. The molecule has 61 heavy (non-hydrogen) atoms. The number of fused-ring (bicyclic) bond motifs is 5. The molecule has 2 bridgehead atoms. The van der Waals surface area contributed by atoms with Gasteiger partial charge in [0, 0.05) is 48.7 Å². The number of hydrogen-bond acceptors (Lipinski definition) is 4. The molecule has 0 amide bonds. The largest absolute Gasteiger partial charge is 0.301 e. The minimum atomic E-state index is -0.434. The molecule has 2 aromatic heterocycles. The summed E-state index contributed by atoms with van der Waals surface area (Å²) in [6.45, 7) is 0. The van der Waals surface area contributed by atoms with Gasteiger partial charge in [-0.05, 0) is 99.5 Å². The van der Waals surface area contributed by atoms with Gasteiger partial charge in [0.2, 0.25) is 0 Å². The van der Waals surface area contributed by atoms with Crippen LogP contribution in [0.2, 0.25) is 0 Å². The van der Waals surface area contributed by atoms with Crippen LogP contribution in [0.1, 0.15) is 42.2 Å². The molecular weight excluding hydrogens is 928 g/mol. The molecule has 7 aromatic carbocycles. The Morgan fingerprint density at radius 3 is 1.33 bits per heavy atom. The van der Waals surface area contributed by atoms with E-state index in [1.807, 2.05) is 36.4 Å². The van der Waals surface area contributed by atoms with Crippen molar-refractivity contribution in [2.45, 2.75) is 31.1 Å². The van der Waals surface area contributed by atoms with Crippen molar-refractivity contribution in [2.75, 3.05) is 0 Å². The molecule has 2 heterocycles. The third kappa shape index (κ3) is 7.54. The normalized spacial score (nSPS) is 15.0. The fourth-order valence-electron chi connectivity index (χ4n) is 9.12. The van der Waals surface area contributed by atoms with Crippen molar-refractivity contribution in [3.8, 4) is 89.9 Å². The van der Waals surface area contributed by atoms with Crippen molar-refractivity contribution >= 4 is 0 Å². The molecule has 1 fully saturated rings.